The molecular weight excluding hydrogens is 286 g/mol. The van der Waals surface area contributed by atoms with Gasteiger partial charge in [-0.25, -0.2) is 0 Å². The molecule has 1 fully saturated rings. The molecule has 1 aromatic carbocycles. The minimum Gasteiger partial charge on any atom is -0.363 e. The molecule has 5 nitrogen and oxygen atoms in total. The van der Waals surface area contributed by atoms with Gasteiger partial charge in [0.2, 0.25) is 0 Å². The van der Waals surface area contributed by atoms with Crippen molar-refractivity contribution in [2.45, 2.75) is 32.9 Å². The lowest BCUT2D eigenvalue weighted by molar-refractivity contribution is 0.328. The molecule has 0 aliphatic carbocycles. The van der Waals surface area contributed by atoms with Crippen molar-refractivity contribution < 1.29 is 0 Å². The fourth-order valence-electron chi connectivity index (χ4n) is 2.98. The minimum atomic E-state index is 0.308. The first-order chi connectivity index (χ1) is 11.2. The van der Waals surface area contributed by atoms with Gasteiger partial charge in [-0.3, -0.25) is 4.90 Å². The van der Waals surface area contributed by atoms with E-state index < -0.39 is 0 Å². The highest BCUT2D eigenvalue weighted by atomic mass is 15.2. The molecule has 1 aliphatic rings. The minimum absolute atomic E-state index is 0.308. The standard InChI is InChI=1S/C18H21N5/c1-13-14(2)21-22-18(17(13)10-19)20-16-8-9-23(12-16)11-15-6-4-3-5-7-15/h3-7,16H,8-9,11-12H2,1-2H3,(H,20,22). The topological polar surface area (TPSA) is 64.8 Å². The number of nitrogens with zero attached hydrogens (tertiary/aromatic N) is 4. The number of aryl methyl sites for hydroxylation is 1. The van der Waals surface area contributed by atoms with Gasteiger partial charge in [-0.1, -0.05) is 30.3 Å². The Labute approximate surface area is 137 Å². The lowest BCUT2D eigenvalue weighted by Gasteiger charge is -2.18. The molecule has 2 heterocycles. The number of likely N-dealkylation sites (tertiary alicyclic amines) is 1. The highest BCUT2D eigenvalue weighted by Crippen LogP contribution is 2.21. The smallest absolute Gasteiger partial charge is 0.167 e. The fourth-order valence-corrected chi connectivity index (χ4v) is 2.98. The van der Waals surface area contributed by atoms with Crippen molar-refractivity contribution >= 4 is 5.82 Å². The van der Waals surface area contributed by atoms with Crippen LogP contribution in [-0.4, -0.2) is 34.2 Å². The Balaban J connectivity index is 1.65. The van der Waals surface area contributed by atoms with Crippen LogP contribution in [0.15, 0.2) is 30.3 Å². The van der Waals surface area contributed by atoms with Crippen LogP contribution < -0.4 is 5.32 Å². The van der Waals surface area contributed by atoms with Crippen LogP contribution in [0.5, 0.6) is 0 Å². The maximum Gasteiger partial charge on any atom is 0.167 e. The third-order valence-electron chi connectivity index (χ3n) is 4.43. The molecule has 0 spiro atoms. The van der Waals surface area contributed by atoms with Crippen LogP contribution >= 0.6 is 0 Å². The maximum atomic E-state index is 9.38. The third kappa shape index (κ3) is 3.49. The molecular formula is C18H21N5. The molecule has 1 unspecified atom stereocenters. The van der Waals surface area contributed by atoms with E-state index in [1.165, 1.54) is 5.56 Å². The number of hydrogen-bond acceptors (Lipinski definition) is 5. The van der Waals surface area contributed by atoms with Crippen LogP contribution in [0.3, 0.4) is 0 Å². The van der Waals surface area contributed by atoms with Gasteiger partial charge in [-0.15, -0.1) is 5.10 Å². The molecule has 3 rings (SSSR count). The van der Waals surface area contributed by atoms with Crippen LogP contribution in [0.1, 0.15) is 28.8 Å². The average molecular weight is 307 g/mol. The van der Waals surface area contributed by atoms with Crippen LogP contribution in [-0.2, 0) is 6.54 Å². The number of anilines is 1. The van der Waals surface area contributed by atoms with E-state index in [0.717, 1.165) is 37.3 Å². The van der Waals surface area contributed by atoms with Crippen LogP contribution in [0.4, 0.5) is 5.82 Å². The van der Waals surface area contributed by atoms with Crippen molar-refractivity contribution in [1.82, 2.24) is 15.1 Å². The van der Waals surface area contributed by atoms with E-state index in [0.29, 0.717) is 17.4 Å². The van der Waals surface area contributed by atoms with Gasteiger partial charge in [-0.05, 0) is 31.4 Å². The molecule has 0 bridgehead atoms. The molecule has 118 valence electrons. The Bertz CT molecular complexity index is 720. The maximum absolute atomic E-state index is 9.38. The summed E-state index contributed by atoms with van der Waals surface area (Å²) in [4.78, 5) is 2.42. The zero-order chi connectivity index (χ0) is 16.2. The Morgan fingerprint density at radius 2 is 2.04 bits per heavy atom. The summed E-state index contributed by atoms with van der Waals surface area (Å²) in [5.41, 5.74) is 3.66. The fraction of sp³-hybridized carbons (Fsp3) is 0.389. The molecule has 1 saturated heterocycles. The highest BCUT2D eigenvalue weighted by Gasteiger charge is 2.24. The number of nitriles is 1. The first kappa shape index (κ1) is 15.4. The molecule has 1 aromatic heterocycles. The van der Waals surface area contributed by atoms with Crippen LogP contribution in [0.25, 0.3) is 0 Å². The first-order valence-corrected chi connectivity index (χ1v) is 7.94. The summed E-state index contributed by atoms with van der Waals surface area (Å²) in [5.74, 6) is 0.613. The monoisotopic (exact) mass is 307 g/mol. The van der Waals surface area contributed by atoms with Crippen LogP contribution in [0.2, 0.25) is 0 Å². The van der Waals surface area contributed by atoms with Crippen LogP contribution in [0, 0.1) is 25.2 Å². The molecule has 0 amide bonds. The van der Waals surface area contributed by atoms with Gasteiger partial charge < -0.3 is 5.32 Å². The van der Waals surface area contributed by atoms with E-state index in [2.05, 4.69) is 50.7 Å². The van der Waals surface area contributed by atoms with E-state index in [1.54, 1.807) is 0 Å². The van der Waals surface area contributed by atoms with E-state index in [1.807, 2.05) is 19.9 Å². The Kier molecular flexibility index (Phi) is 4.54. The summed E-state index contributed by atoms with van der Waals surface area (Å²) < 4.78 is 0. The SMILES string of the molecule is Cc1nnc(NC2CCN(Cc3ccccc3)C2)c(C#N)c1C. The summed E-state index contributed by atoms with van der Waals surface area (Å²) in [5, 5.41) is 21.1. The summed E-state index contributed by atoms with van der Waals surface area (Å²) in [6.45, 7) is 6.76. The molecule has 0 saturated carbocycles. The number of rotatable bonds is 4. The largest absolute Gasteiger partial charge is 0.363 e. The van der Waals surface area contributed by atoms with Crippen molar-refractivity contribution in [1.29, 1.82) is 5.26 Å². The van der Waals surface area contributed by atoms with E-state index in [-0.39, 0.29) is 0 Å². The number of benzene rings is 1. The van der Waals surface area contributed by atoms with Gasteiger partial charge >= 0.3 is 0 Å². The van der Waals surface area contributed by atoms with Crippen molar-refractivity contribution in [3.63, 3.8) is 0 Å². The molecule has 1 N–H and O–H groups in total. The number of nitrogens with one attached hydrogen (secondary N) is 1. The normalized spacial score (nSPS) is 17.9. The van der Waals surface area contributed by atoms with Gasteiger partial charge in [0.1, 0.15) is 11.6 Å². The molecule has 1 aliphatic heterocycles. The summed E-state index contributed by atoms with van der Waals surface area (Å²) in [6.07, 6.45) is 1.05. The number of hydrogen-bond donors (Lipinski definition) is 1. The van der Waals surface area contributed by atoms with Gasteiger partial charge in [0.25, 0.3) is 0 Å². The van der Waals surface area contributed by atoms with E-state index in [4.69, 9.17) is 0 Å². The van der Waals surface area contributed by atoms with E-state index >= 15 is 0 Å². The highest BCUT2D eigenvalue weighted by molar-refractivity contribution is 5.56. The second kappa shape index (κ2) is 6.76. The summed E-state index contributed by atoms with van der Waals surface area (Å²) in [6, 6.07) is 13.1. The predicted octanol–water partition coefficient (Wildman–Crippen LogP) is 2.65. The van der Waals surface area contributed by atoms with Crippen molar-refractivity contribution in [3.8, 4) is 6.07 Å². The Morgan fingerprint density at radius 3 is 2.78 bits per heavy atom. The summed E-state index contributed by atoms with van der Waals surface area (Å²) >= 11 is 0. The lowest BCUT2D eigenvalue weighted by Crippen LogP contribution is -2.27. The zero-order valence-electron chi connectivity index (χ0n) is 13.6. The molecule has 0 radical (unpaired) electrons. The van der Waals surface area contributed by atoms with Gasteiger partial charge in [0.05, 0.1) is 5.69 Å². The third-order valence-corrected chi connectivity index (χ3v) is 4.43. The molecule has 23 heavy (non-hydrogen) atoms. The summed E-state index contributed by atoms with van der Waals surface area (Å²) in [7, 11) is 0. The lowest BCUT2D eigenvalue weighted by atomic mass is 10.1. The predicted molar refractivity (Wildman–Crippen MR) is 90.0 cm³/mol. The van der Waals surface area contributed by atoms with Crippen molar-refractivity contribution in [2.24, 2.45) is 0 Å². The zero-order valence-corrected chi connectivity index (χ0v) is 13.6. The van der Waals surface area contributed by atoms with Crippen molar-refractivity contribution in [2.75, 3.05) is 18.4 Å². The van der Waals surface area contributed by atoms with Gasteiger partial charge in [0, 0.05) is 25.7 Å². The average Bonchev–Trinajstić information content (AvgIpc) is 2.99. The number of aromatic nitrogens is 2. The second-order valence-corrected chi connectivity index (χ2v) is 6.10. The molecule has 1 atom stereocenters. The Morgan fingerprint density at radius 1 is 1.26 bits per heavy atom. The first-order valence-electron chi connectivity index (χ1n) is 7.94. The molecule has 5 heteroatoms. The van der Waals surface area contributed by atoms with E-state index in [9.17, 15) is 5.26 Å². The second-order valence-electron chi connectivity index (χ2n) is 6.10. The van der Waals surface area contributed by atoms with Gasteiger partial charge in [-0.2, -0.15) is 10.4 Å². The van der Waals surface area contributed by atoms with Gasteiger partial charge in [0.15, 0.2) is 5.82 Å². The van der Waals surface area contributed by atoms with Crippen molar-refractivity contribution in [3.05, 3.63) is 52.7 Å². The quantitative estimate of drug-likeness (QED) is 0.940. The molecule has 2 aromatic rings. The Hall–Kier alpha value is -2.45.